The van der Waals surface area contributed by atoms with Crippen LogP contribution in [-0.2, 0) is 12.4 Å². The summed E-state index contributed by atoms with van der Waals surface area (Å²) in [6.45, 7) is 0.947. The molecule has 0 fully saturated rings. The van der Waals surface area contributed by atoms with Crippen LogP contribution in [0.1, 0.15) is 16.7 Å². The van der Waals surface area contributed by atoms with Gasteiger partial charge in [-0.2, -0.15) is 26.3 Å². The number of halogens is 6. The number of alkyl halides is 6. The van der Waals surface area contributed by atoms with Crippen molar-refractivity contribution in [3.63, 3.8) is 0 Å². The van der Waals surface area contributed by atoms with Gasteiger partial charge < -0.3 is 0 Å². The van der Waals surface area contributed by atoms with Gasteiger partial charge in [0.25, 0.3) is 0 Å². The lowest BCUT2D eigenvalue weighted by molar-refractivity contribution is -0.162. The van der Waals surface area contributed by atoms with Gasteiger partial charge in [0.05, 0.1) is 11.1 Å². The number of hydrogen-bond acceptors (Lipinski definition) is 0. The molecule has 1 aromatic carbocycles. The highest BCUT2D eigenvalue weighted by molar-refractivity contribution is 5.37. The Hall–Kier alpha value is -1.20. The SMILES string of the molecule is Cc1c[c][c]c(C(F)(F)F)c1C(F)(F)F. The summed E-state index contributed by atoms with van der Waals surface area (Å²) in [5.74, 6) is 0. The molecule has 0 bridgehead atoms. The third-order valence-electron chi connectivity index (χ3n) is 1.70. The Morgan fingerprint density at radius 2 is 1.53 bits per heavy atom. The maximum atomic E-state index is 12.3. The Kier molecular flexibility index (Phi) is 2.71. The fourth-order valence-corrected chi connectivity index (χ4v) is 1.13. The van der Waals surface area contributed by atoms with E-state index in [9.17, 15) is 26.3 Å². The van der Waals surface area contributed by atoms with Crippen molar-refractivity contribution in [3.05, 3.63) is 34.9 Å². The van der Waals surface area contributed by atoms with E-state index in [-0.39, 0.29) is 0 Å². The number of benzene rings is 1. The van der Waals surface area contributed by atoms with Gasteiger partial charge in [-0.05, 0) is 18.6 Å². The van der Waals surface area contributed by atoms with Crippen LogP contribution in [-0.4, -0.2) is 0 Å². The van der Waals surface area contributed by atoms with Crippen LogP contribution in [0.2, 0.25) is 0 Å². The maximum absolute atomic E-state index is 12.3. The zero-order chi connectivity index (χ0) is 11.9. The Balaban J connectivity index is 3.48. The molecule has 82 valence electrons. The number of aryl methyl sites for hydroxylation is 1. The molecule has 0 saturated heterocycles. The van der Waals surface area contributed by atoms with Crippen LogP contribution in [0.3, 0.4) is 0 Å². The van der Waals surface area contributed by atoms with Crippen LogP contribution in [0, 0.1) is 19.1 Å². The molecule has 6 heteroatoms. The minimum atomic E-state index is -5.08. The lowest BCUT2D eigenvalue weighted by Gasteiger charge is -2.16. The molecular weight excluding hydrogens is 222 g/mol. The van der Waals surface area contributed by atoms with Crippen molar-refractivity contribution in [3.8, 4) is 0 Å². The van der Waals surface area contributed by atoms with Gasteiger partial charge in [-0.15, -0.1) is 0 Å². The summed E-state index contributed by atoms with van der Waals surface area (Å²) < 4.78 is 73.5. The smallest absolute Gasteiger partial charge is 0.166 e. The van der Waals surface area contributed by atoms with E-state index < -0.39 is 29.0 Å². The van der Waals surface area contributed by atoms with Gasteiger partial charge in [0, 0.05) is 6.07 Å². The molecule has 0 amide bonds. The summed E-state index contributed by atoms with van der Waals surface area (Å²) in [4.78, 5) is 0. The average Bonchev–Trinajstić information content (AvgIpc) is 1.99. The molecule has 1 aromatic rings. The van der Waals surface area contributed by atoms with E-state index in [4.69, 9.17) is 0 Å². The predicted octanol–water partition coefficient (Wildman–Crippen LogP) is 3.63. The minimum absolute atomic E-state index is 0.520. The molecule has 0 unspecified atom stereocenters. The van der Waals surface area contributed by atoms with Crippen LogP contribution in [0.5, 0.6) is 0 Å². The molecule has 0 aromatic heterocycles. The minimum Gasteiger partial charge on any atom is -0.166 e. The van der Waals surface area contributed by atoms with Gasteiger partial charge in [0.15, 0.2) is 0 Å². The van der Waals surface area contributed by atoms with Gasteiger partial charge in [-0.3, -0.25) is 0 Å². The number of rotatable bonds is 0. The lowest BCUT2D eigenvalue weighted by atomic mass is 10.0. The zero-order valence-corrected chi connectivity index (χ0v) is 7.35. The van der Waals surface area contributed by atoms with E-state index in [1.165, 1.54) is 6.07 Å². The van der Waals surface area contributed by atoms with Gasteiger partial charge >= 0.3 is 12.4 Å². The molecule has 0 aliphatic heterocycles. The first-order chi connectivity index (χ1) is 6.64. The topological polar surface area (TPSA) is 0 Å². The molecule has 0 aliphatic rings. The highest BCUT2D eigenvalue weighted by atomic mass is 19.4. The first-order valence-electron chi connectivity index (χ1n) is 3.71. The molecule has 0 heterocycles. The molecule has 1 rings (SSSR count). The second kappa shape index (κ2) is 3.43. The van der Waals surface area contributed by atoms with Gasteiger partial charge in [0.2, 0.25) is 0 Å². The van der Waals surface area contributed by atoms with E-state index in [0.717, 1.165) is 13.0 Å². The third kappa shape index (κ3) is 2.43. The van der Waals surface area contributed by atoms with E-state index in [0.29, 0.717) is 0 Å². The van der Waals surface area contributed by atoms with E-state index in [1.807, 2.05) is 6.07 Å². The lowest BCUT2D eigenvalue weighted by Crippen LogP contribution is -2.18. The fourth-order valence-electron chi connectivity index (χ4n) is 1.13. The van der Waals surface area contributed by atoms with Crippen molar-refractivity contribution in [2.45, 2.75) is 19.3 Å². The van der Waals surface area contributed by atoms with Crippen molar-refractivity contribution in [2.24, 2.45) is 0 Å². The number of hydrogen-bond donors (Lipinski definition) is 0. The van der Waals surface area contributed by atoms with Crippen LogP contribution < -0.4 is 0 Å². The first-order valence-corrected chi connectivity index (χ1v) is 3.71. The van der Waals surface area contributed by atoms with Crippen LogP contribution in [0.4, 0.5) is 26.3 Å². The standard InChI is InChI=1S/C9H4F6/c1-5-3-2-4-6(8(10,11)12)7(5)9(13,14)15/h3H,1H3. The molecule has 0 saturated carbocycles. The van der Waals surface area contributed by atoms with Crippen molar-refractivity contribution in [2.75, 3.05) is 0 Å². The summed E-state index contributed by atoms with van der Waals surface area (Å²) in [5.41, 5.74) is -4.04. The van der Waals surface area contributed by atoms with Crippen molar-refractivity contribution in [1.82, 2.24) is 0 Å². The van der Waals surface area contributed by atoms with E-state index in [2.05, 4.69) is 0 Å². The Morgan fingerprint density at radius 3 is 1.87 bits per heavy atom. The van der Waals surface area contributed by atoms with E-state index in [1.54, 1.807) is 0 Å². The molecule has 0 atom stereocenters. The van der Waals surface area contributed by atoms with Crippen LogP contribution in [0.15, 0.2) is 6.07 Å². The van der Waals surface area contributed by atoms with Crippen molar-refractivity contribution >= 4 is 0 Å². The highest BCUT2D eigenvalue weighted by Crippen LogP contribution is 2.41. The van der Waals surface area contributed by atoms with E-state index >= 15 is 0 Å². The largest absolute Gasteiger partial charge is 0.417 e. The van der Waals surface area contributed by atoms with Crippen LogP contribution in [0.25, 0.3) is 0 Å². The summed E-state index contributed by atoms with van der Waals surface area (Å²) >= 11 is 0. The molecule has 0 aliphatic carbocycles. The normalized spacial score (nSPS) is 13.0. The van der Waals surface area contributed by atoms with Crippen molar-refractivity contribution < 1.29 is 26.3 Å². The summed E-state index contributed by atoms with van der Waals surface area (Å²) in [6.07, 6.45) is -10.1. The Bertz CT molecular complexity index is 360. The molecule has 0 N–H and O–H groups in total. The summed E-state index contributed by atoms with van der Waals surface area (Å²) in [5, 5.41) is 0. The van der Waals surface area contributed by atoms with Crippen molar-refractivity contribution in [1.29, 1.82) is 0 Å². The zero-order valence-electron chi connectivity index (χ0n) is 7.35. The quantitative estimate of drug-likeness (QED) is 0.592. The second-order valence-electron chi connectivity index (χ2n) is 2.84. The summed E-state index contributed by atoms with van der Waals surface area (Å²) in [7, 11) is 0. The predicted molar refractivity (Wildman–Crippen MR) is 38.9 cm³/mol. The molecule has 2 radical (unpaired) electrons. The molecular formula is C9H4F6. The van der Waals surface area contributed by atoms with Crippen LogP contribution >= 0.6 is 0 Å². The fraction of sp³-hybridized carbons (Fsp3) is 0.333. The average molecular weight is 226 g/mol. The molecule has 0 nitrogen and oxygen atoms in total. The first kappa shape index (κ1) is 11.9. The van der Waals surface area contributed by atoms with Gasteiger partial charge in [0.1, 0.15) is 0 Å². The highest BCUT2D eigenvalue weighted by Gasteiger charge is 2.44. The Labute approximate surface area is 81.5 Å². The van der Waals surface area contributed by atoms with Gasteiger partial charge in [-0.1, -0.05) is 6.07 Å². The monoisotopic (exact) mass is 226 g/mol. The maximum Gasteiger partial charge on any atom is 0.417 e. The third-order valence-corrected chi connectivity index (χ3v) is 1.70. The Morgan fingerprint density at radius 1 is 1.00 bits per heavy atom. The molecule has 15 heavy (non-hydrogen) atoms. The summed E-state index contributed by atoms with van der Waals surface area (Å²) in [6, 6.07) is 4.18. The second-order valence-corrected chi connectivity index (χ2v) is 2.84. The molecule has 0 spiro atoms. The van der Waals surface area contributed by atoms with Gasteiger partial charge in [-0.25, -0.2) is 0 Å².